The normalized spacial score (nSPS) is 16.1. The quantitative estimate of drug-likeness (QED) is 0.544. The van der Waals surface area contributed by atoms with Gasteiger partial charge in [0.2, 0.25) is 5.28 Å². The Hall–Kier alpha value is -2.19. The molecule has 1 aliphatic rings. The Kier molecular flexibility index (Phi) is 9.90. The molecular formula is C23H30ClF3N4O. The fourth-order valence-electron chi connectivity index (χ4n) is 3.66. The second-order valence-electron chi connectivity index (χ2n) is 7.81. The van der Waals surface area contributed by atoms with Crippen LogP contribution in [-0.2, 0) is 24.2 Å². The summed E-state index contributed by atoms with van der Waals surface area (Å²) in [5.74, 6) is 0.282. The number of aromatic nitrogens is 2. The van der Waals surface area contributed by atoms with Crippen LogP contribution in [0.15, 0.2) is 18.2 Å². The Morgan fingerprint density at radius 3 is 2.50 bits per heavy atom. The van der Waals surface area contributed by atoms with E-state index in [4.69, 9.17) is 11.6 Å². The topological polar surface area (TPSA) is 58.1 Å². The first-order chi connectivity index (χ1) is 15.2. The highest BCUT2D eigenvalue weighted by atomic mass is 35.5. The van der Waals surface area contributed by atoms with Gasteiger partial charge in [-0.05, 0) is 51.4 Å². The van der Waals surface area contributed by atoms with Crippen molar-refractivity contribution < 1.29 is 18.0 Å². The van der Waals surface area contributed by atoms with Gasteiger partial charge in [-0.3, -0.25) is 4.79 Å². The first-order valence-electron chi connectivity index (χ1n) is 10.7. The molecular weight excluding hydrogens is 441 g/mol. The van der Waals surface area contributed by atoms with Crippen molar-refractivity contribution >= 4 is 23.2 Å². The lowest BCUT2D eigenvalue weighted by atomic mass is 10.1. The van der Waals surface area contributed by atoms with E-state index in [0.717, 1.165) is 36.8 Å². The smallest absolute Gasteiger partial charge is 0.266 e. The number of hydrogen-bond acceptors (Lipinski definition) is 5. The Morgan fingerprint density at radius 2 is 2.00 bits per heavy atom. The third-order valence-electron chi connectivity index (χ3n) is 5.51. The Labute approximate surface area is 192 Å². The van der Waals surface area contributed by atoms with Crippen molar-refractivity contribution in [3.05, 3.63) is 51.7 Å². The van der Waals surface area contributed by atoms with Crippen LogP contribution in [-0.4, -0.2) is 40.8 Å². The second kappa shape index (κ2) is 12.2. The number of rotatable bonds is 7. The van der Waals surface area contributed by atoms with Crippen LogP contribution in [0.5, 0.6) is 0 Å². The molecule has 1 aromatic heterocycles. The summed E-state index contributed by atoms with van der Waals surface area (Å²) in [7, 11) is 2.06. The highest BCUT2D eigenvalue weighted by Crippen LogP contribution is 2.25. The summed E-state index contributed by atoms with van der Waals surface area (Å²) in [6.45, 7) is 7.68. The van der Waals surface area contributed by atoms with E-state index in [1.165, 1.54) is 12.1 Å². The van der Waals surface area contributed by atoms with Crippen LogP contribution in [0, 0.1) is 11.7 Å². The molecule has 1 saturated heterocycles. The zero-order chi connectivity index (χ0) is 23.8. The first kappa shape index (κ1) is 26.1. The maximum absolute atomic E-state index is 14.1. The number of carbonyl (C=O) groups is 1. The molecule has 1 atom stereocenters. The molecule has 3 rings (SSSR count). The summed E-state index contributed by atoms with van der Waals surface area (Å²) in [5, 5.41) is 3.08. The van der Waals surface area contributed by atoms with Crippen LogP contribution in [0.25, 0.3) is 0 Å². The lowest BCUT2D eigenvalue weighted by Gasteiger charge is -2.14. The van der Waals surface area contributed by atoms with Gasteiger partial charge in [-0.15, -0.1) is 0 Å². The number of alkyl halides is 2. The molecule has 1 aliphatic heterocycles. The van der Waals surface area contributed by atoms with Crippen molar-refractivity contribution in [3.8, 4) is 0 Å². The van der Waals surface area contributed by atoms with Gasteiger partial charge in [0.1, 0.15) is 17.4 Å². The summed E-state index contributed by atoms with van der Waals surface area (Å²) in [4.78, 5) is 21.3. The molecule has 2 heterocycles. The van der Waals surface area contributed by atoms with Gasteiger partial charge in [-0.25, -0.2) is 23.1 Å². The fraction of sp³-hybridized carbons (Fsp3) is 0.522. The summed E-state index contributed by atoms with van der Waals surface area (Å²) in [5.41, 5.74) is 1.26. The van der Waals surface area contributed by atoms with Crippen molar-refractivity contribution in [2.24, 2.45) is 5.92 Å². The van der Waals surface area contributed by atoms with Gasteiger partial charge < -0.3 is 10.2 Å². The Balaban J connectivity index is 0.000000336. The number of carbonyl (C=O) groups excluding carboxylic acids is 1. The maximum atomic E-state index is 14.1. The van der Waals surface area contributed by atoms with Crippen LogP contribution in [0.1, 0.15) is 56.0 Å². The minimum absolute atomic E-state index is 0.0376. The largest absolute Gasteiger partial charge is 0.366 e. The lowest BCUT2D eigenvalue weighted by Crippen LogP contribution is -2.17. The number of hydrogen-bond donors (Lipinski definition) is 1. The molecule has 0 spiro atoms. The molecule has 32 heavy (non-hydrogen) atoms. The van der Waals surface area contributed by atoms with Crippen molar-refractivity contribution in [2.75, 3.05) is 25.5 Å². The number of nitrogens with one attached hydrogen (secondary N) is 1. The second-order valence-corrected chi connectivity index (χ2v) is 8.14. The zero-order valence-corrected chi connectivity index (χ0v) is 19.6. The van der Waals surface area contributed by atoms with Gasteiger partial charge in [-0.1, -0.05) is 32.0 Å². The van der Waals surface area contributed by atoms with Crippen molar-refractivity contribution in [1.29, 1.82) is 0 Å². The van der Waals surface area contributed by atoms with E-state index in [0.29, 0.717) is 30.4 Å². The molecule has 0 saturated carbocycles. The van der Waals surface area contributed by atoms with Crippen LogP contribution >= 0.6 is 11.6 Å². The Bertz CT molecular complexity index is 926. The molecule has 1 unspecified atom stereocenters. The van der Waals surface area contributed by atoms with E-state index < -0.39 is 17.8 Å². The summed E-state index contributed by atoms with van der Waals surface area (Å²) >= 11 is 5.90. The van der Waals surface area contributed by atoms with Gasteiger partial charge >= 0.3 is 0 Å². The number of nitrogens with zero attached hydrogens (tertiary/aromatic N) is 3. The number of benzene rings is 1. The van der Waals surface area contributed by atoms with Gasteiger partial charge in [0.25, 0.3) is 6.43 Å². The zero-order valence-electron chi connectivity index (χ0n) is 18.9. The first-order valence-corrected chi connectivity index (χ1v) is 11.1. The van der Waals surface area contributed by atoms with Crippen LogP contribution in [0.2, 0.25) is 5.28 Å². The molecule has 1 N–H and O–H groups in total. The number of aryl methyl sites for hydroxylation is 1. The third kappa shape index (κ3) is 6.90. The average molecular weight is 471 g/mol. The summed E-state index contributed by atoms with van der Waals surface area (Å²) in [6.07, 6.45) is -0.412. The van der Waals surface area contributed by atoms with Gasteiger partial charge in [0, 0.05) is 30.1 Å². The molecule has 5 nitrogen and oxygen atoms in total. The standard InChI is InChI=1S/C16H17ClF3N3.C7H13NO/c1-3-10-12(4-2)22-16(17)23-15(10)21-8-9-6-5-7-11(13(9)18)14(19)20;1-6(9)7-3-4-8(2)5-7/h5-7,14H,3-4,8H2,1-2H3,(H,21,22,23);7H,3-5H2,1-2H3. The number of Topliss-reactive ketones (excluding diaryl/α,β-unsaturated/α-hetero) is 1. The van der Waals surface area contributed by atoms with E-state index >= 15 is 0 Å². The van der Waals surface area contributed by atoms with Crippen LogP contribution in [0.4, 0.5) is 19.0 Å². The van der Waals surface area contributed by atoms with Crippen molar-refractivity contribution in [3.63, 3.8) is 0 Å². The monoisotopic (exact) mass is 470 g/mol. The van der Waals surface area contributed by atoms with Crippen LogP contribution in [0.3, 0.4) is 0 Å². The van der Waals surface area contributed by atoms with Gasteiger partial charge in [-0.2, -0.15) is 0 Å². The molecule has 2 aromatic rings. The number of likely N-dealkylation sites (tertiary alicyclic amines) is 1. The summed E-state index contributed by atoms with van der Waals surface area (Å²) < 4.78 is 39.5. The van der Waals surface area contributed by atoms with E-state index in [-0.39, 0.29) is 17.4 Å². The van der Waals surface area contributed by atoms with Gasteiger partial charge in [0.05, 0.1) is 11.3 Å². The number of anilines is 1. The molecule has 0 radical (unpaired) electrons. The van der Waals surface area contributed by atoms with Crippen LogP contribution < -0.4 is 5.32 Å². The molecule has 1 aromatic carbocycles. The fourth-order valence-corrected chi connectivity index (χ4v) is 3.85. The average Bonchev–Trinajstić information content (AvgIpc) is 3.19. The third-order valence-corrected chi connectivity index (χ3v) is 5.68. The van der Waals surface area contributed by atoms with E-state index in [1.807, 2.05) is 13.8 Å². The molecule has 1 fully saturated rings. The van der Waals surface area contributed by atoms with Gasteiger partial charge in [0.15, 0.2) is 0 Å². The maximum Gasteiger partial charge on any atom is 0.266 e. The SMILES string of the molecule is CC(=O)C1CCN(C)C1.CCc1nc(Cl)nc(NCc2cccc(C(F)F)c2F)c1CC. The minimum Gasteiger partial charge on any atom is -0.366 e. The van der Waals surface area contributed by atoms with Crippen molar-refractivity contribution in [1.82, 2.24) is 14.9 Å². The Morgan fingerprint density at radius 1 is 1.28 bits per heavy atom. The van der Waals surface area contributed by atoms with E-state index in [9.17, 15) is 18.0 Å². The molecule has 9 heteroatoms. The lowest BCUT2D eigenvalue weighted by molar-refractivity contribution is -0.120. The van der Waals surface area contributed by atoms with E-state index in [1.54, 1.807) is 6.92 Å². The molecule has 0 amide bonds. The van der Waals surface area contributed by atoms with Crippen molar-refractivity contribution in [2.45, 2.75) is 53.0 Å². The predicted octanol–water partition coefficient (Wildman–Crippen LogP) is 5.47. The minimum atomic E-state index is -2.85. The number of ketones is 1. The highest BCUT2D eigenvalue weighted by molar-refractivity contribution is 6.28. The predicted molar refractivity (Wildman–Crippen MR) is 121 cm³/mol. The molecule has 0 bridgehead atoms. The highest BCUT2D eigenvalue weighted by Gasteiger charge is 2.22. The number of halogens is 4. The molecule has 0 aliphatic carbocycles. The summed E-state index contributed by atoms with van der Waals surface area (Å²) in [6, 6.07) is 3.95. The molecule has 176 valence electrons. The van der Waals surface area contributed by atoms with E-state index in [2.05, 4.69) is 27.2 Å².